The van der Waals surface area contributed by atoms with Gasteiger partial charge in [0.15, 0.2) is 0 Å². The van der Waals surface area contributed by atoms with Crippen molar-refractivity contribution >= 4 is 51.8 Å². The number of nitrogens with zero attached hydrogens (tertiary/aromatic N) is 4. The van der Waals surface area contributed by atoms with E-state index in [4.69, 9.17) is 9.84 Å². The Labute approximate surface area is 235 Å². The summed E-state index contributed by atoms with van der Waals surface area (Å²) in [5.41, 5.74) is 1.02. The molecule has 1 saturated heterocycles. The van der Waals surface area contributed by atoms with E-state index in [1.165, 1.54) is 22.9 Å². The van der Waals surface area contributed by atoms with Gasteiger partial charge in [-0.3, -0.25) is 28.8 Å². The Hall–Kier alpha value is -5.02. The molecule has 1 aromatic heterocycles. The summed E-state index contributed by atoms with van der Waals surface area (Å²) in [6.45, 7) is 0.798. The van der Waals surface area contributed by atoms with Crippen LogP contribution in [-0.2, 0) is 32.2 Å². The van der Waals surface area contributed by atoms with Gasteiger partial charge in [-0.25, -0.2) is 13.9 Å². The molecule has 3 N–H and O–H groups in total. The summed E-state index contributed by atoms with van der Waals surface area (Å²) < 4.78 is 48.5. The summed E-state index contributed by atoms with van der Waals surface area (Å²) in [5, 5.41) is 13.6. The second-order valence-electron chi connectivity index (χ2n) is 9.69. The number of amides is 3. The van der Waals surface area contributed by atoms with E-state index in [1.807, 2.05) is 5.32 Å². The van der Waals surface area contributed by atoms with Crippen molar-refractivity contribution in [1.29, 1.82) is 0 Å². The van der Waals surface area contributed by atoms with Gasteiger partial charge in [0.2, 0.25) is 5.91 Å². The first-order valence-electron chi connectivity index (χ1n) is 12.9. The van der Waals surface area contributed by atoms with E-state index in [2.05, 4.69) is 5.32 Å². The Morgan fingerprint density at radius 3 is 2.45 bits per heavy atom. The number of cyclic esters (lactones) is 1. The minimum absolute atomic E-state index is 0.0682. The Morgan fingerprint density at radius 1 is 1.02 bits per heavy atom. The van der Waals surface area contributed by atoms with E-state index in [0.29, 0.717) is 29.7 Å². The Kier molecular flexibility index (Phi) is 7.78. The molecule has 2 aliphatic rings. The number of hydrogen-bond acceptors (Lipinski definition) is 7. The smallest absolute Gasteiger partial charge is 0.414 e. The fraction of sp³-hybridized carbons (Fsp3) is 0.346. The highest BCUT2D eigenvalue weighted by Gasteiger charge is 2.34. The van der Waals surface area contributed by atoms with E-state index in [9.17, 15) is 32.8 Å². The van der Waals surface area contributed by atoms with Crippen molar-refractivity contribution in [3.05, 3.63) is 52.6 Å². The van der Waals surface area contributed by atoms with Crippen LogP contribution >= 0.6 is 0 Å². The molecule has 3 aromatic rings. The molecule has 42 heavy (non-hydrogen) atoms. The molecular formula is C26H25F3N6O7. The molecule has 0 saturated carbocycles. The third kappa shape index (κ3) is 5.73. The second kappa shape index (κ2) is 11.5. The third-order valence-corrected chi connectivity index (χ3v) is 6.95. The van der Waals surface area contributed by atoms with Crippen LogP contribution < -0.4 is 26.0 Å². The molecule has 0 aliphatic carbocycles. The maximum absolute atomic E-state index is 15.3. The normalized spacial score (nSPS) is 16.8. The van der Waals surface area contributed by atoms with Gasteiger partial charge >= 0.3 is 18.5 Å². The van der Waals surface area contributed by atoms with Gasteiger partial charge in [0.05, 0.1) is 48.5 Å². The van der Waals surface area contributed by atoms with Crippen LogP contribution in [0.4, 0.5) is 35.0 Å². The summed E-state index contributed by atoms with van der Waals surface area (Å²) in [6.07, 6.45) is -5.58. The van der Waals surface area contributed by atoms with Gasteiger partial charge in [-0.2, -0.15) is 8.78 Å². The summed E-state index contributed by atoms with van der Waals surface area (Å²) in [4.78, 5) is 62.0. The van der Waals surface area contributed by atoms with Crippen molar-refractivity contribution in [2.24, 2.45) is 0 Å². The number of ether oxygens (including phenoxy) is 1. The van der Waals surface area contributed by atoms with Crippen LogP contribution in [0.2, 0.25) is 0 Å². The molecule has 16 heteroatoms. The first kappa shape index (κ1) is 28.5. The van der Waals surface area contributed by atoms with Crippen molar-refractivity contribution in [3.63, 3.8) is 0 Å². The Balaban J connectivity index is 1.27. The molecular weight excluding hydrogens is 565 g/mol. The molecule has 0 spiro atoms. The van der Waals surface area contributed by atoms with Crippen LogP contribution in [0.15, 0.2) is 41.2 Å². The first-order valence-corrected chi connectivity index (χ1v) is 12.9. The maximum Gasteiger partial charge on any atom is 0.414 e. The highest BCUT2D eigenvalue weighted by molar-refractivity contribution is 6.02. The molecule has 1 fully saturated rings. The number of halogens is 3. The predicted octanol–water partition coefficient (Wildman–Crippen LogP) is 1.58. The Morgan fingerprint density at radius 2 is 1.76 bits per heavy atom. The summed E-state index contributed by atoms with van der Waals surface area (Å²) in [7, 11) is 0. The third-order valence-electron chi connectivity index (χ3n) is 6.95. The topological polar surface area (TPSA) is 155 Å². The van der Waals surface area contributed by atoms with E-state index in [0.717, 1.165) is 11.0 Å². The number of hydrogen-bond donors (Lipinski definition) is 3. The van der Waals surface area contributed by atoms with Crippen LogP contribution in [0, 0.1) is 5.82 Å². The number of fused-ring (bicyclic) bond motifs is 3. The van der Waals surface area contributed by atoms with Crippen molar-refractivity contribution in [2.45, 2.75) is 32.0 Å². The number of benzene rings is 2. The lowest BCUT2D eigenvalue weighted by atomic mass is 10.2. The fourth-order valence-electron chi connectivity index (χ4n) is 5.03. The van der Waals surface area contributed by atoms with Gasteiger partial charge in [0.25, 0.3) is 11.5 Å². The number of carbonyl (C=O) groups is 4. The van der Waals surface area contributed by atoms with Gasteiger partial charge in [-0.15, -0.1) is 0 Å². The molecule has 0 unspecified atom stereocenters. The van der Waals surface area contributed by atoms with Gasteiger partial charge in [-0.1, -0.05) is 0 Å². The van der Waals surface area contributed by atoms with Gasteiger partial charge in [0, 0.05) is 18.8 Å². The van der Waals surface area contributed by atoms with Gasteiger partial charge in [-0.05, 0) is 36.4 Å². The molecule has 222 valence electrons. The number of anilines is 3. The van der Waals surface area contributed by atoms with Crippen molar-refractivity contribution < 1.29 is 42.2 Å². The number of carbonyl (C=O) groups excluding carboxylic acids is 3. The number of aliphatic carboxylic acids is 1. The lowest BCUT2D eigenvalue weighted by Gasteiger charge is -2.24. The lowest BCUT2D eigenvalue weighted by molar-refractivity contribution is -0.139. The van der Waals surface area contributed by atoms with Gasteiger partial charge < -0.3 is 25.4 Å². The monoisotopic (exact) mass is 590 g/mol. The van der Waals surface area contributed by atoms with E-state index >= 15 is 4.39 Å². The quantitative estimate of drug-likeness (QED) is 0.334. The zero-order valence-electron chi connectivity index (χ0n) is 21.9. The molecule has 3 heterocycles. The van der Waals surface area contributed by atoms with E-state index < -0.39 is 48.6 Å². The molecule has 5 rings (SSSR count). The summed E-state index contributed by atoms with van der Waals surface area (Å²) >= 11 is 0. The number of nitrogens with one attached hydrogen (secondary N) is 2. The standard InChI is InChI=1S/C26H25F3N6O7/c27-18-10-15(33-13-16(42-26(33)41)12-30-24(39)23(28)29)2-4-20(18)32-5-7-34-19-3-1-14(31-21(36)11-22(37)38)9-17(19)25(40)35(34)8-6-32/h1-4,9-10,16,23H,5-8,11-13H2,(H,30,39)(H,31,36)(H,37,38)/t16-/m0/s1. The molecule has 0 radical (unpaired) electrons. The van der Waals surface area contributed by atoms with Crippen molar-refractivity contribution in [1.82, 2.24) is 14.7 Å². The number of aromatic nitrogens is 2. The minimum atomic E-state index is -3.20. The van der Waals surface area contributed by atoms with E-state index in [-0.39, 0.29) is 43.1 Å². The predicted molar refractivity (Wildman–Crippen MR) is 142 cm³/mol. The first-order chi connectivity index (χ1) is 20.0. The van der Waals surface area contributed by atoms with Crippen LogP contribution in [0.1, 0.15) is 6.42 Å². The molecule has 13 nitrogen and oxygen atoms in total. The molecule has 2 aliphatic heterocycles. The molecule has 3 amide bonds. The summed E-state index contributed by atoms with van der Waals surface area (Å²) in [5.74, 6) is -4.10. The molecule has 1 atom stereocenters. The average Bonchev–Trinajstić information content (AvgIpc) is 3.33. The fourth-order valence-corrected chi connectivity index (χ4v) is 5.03. The van der Waals surface area contributed by atoms with Gasteiger partial charge in [0.1, 0.15) is 18.3 Å². The van der Waals surface area contributed by atoms with Crippen LogP contribution in [0.25, 0.3) is 10.9 Å². The zero-order chi connectivity index (χ0) is 30.1. The zero-order valence-corrected chi connectivity index (χ0v) is 21.9. The lowest BCUT2D eigenvalue weighted by Crippen LogP contribution is -2.37. The van der Waals surface area contributed by atoms with Crippen LogP contribution in [-0.4, -0.2) is 77.1 Å². The second-order valence-corrected chi connectivity index (χ2v) is 9.69. The largest absolute Gasteiger partial charge is 0.481 e. The Bertz CT molecular complexity index is 1640. The summed E-state index contributed by atoms with van der Waals surface area (Å²) in [6, 6.07) is 8.88. The number of carboxylic acid groups (broad SMARTS) is 1. The number of rotatable bonds is 8. The SMILES string of the molecule is O=C(O)CC(=O)Nc1ccc2c(c1)c(=O)n1n2CCN(c2ccc(N3C[C@H](CNC(=O)C(F)F)OC3=O)cc2F)CC1. The van der Waals surface area contributed by atoms with Crippen molar-refractivity contribution in [3.8, 4) is 0 Å². The van der Waals surface area contributed by atoms with Crippen LogP contribution in [0.5, 0.6) is 0 Å². The highest BCUT2D eigenvalue weighted by Crippen LogP contribution is 2.29. The maximum atomic E-state index is 15.3. The van der Waals surface area contributed by atoms with Crippen LogP contribution in [0.3, 0.4) is 0 Å². The number of carboxylic acids is 1. The minimum Gasteiger partial charge on any atom is -0.481 e. The molecule has 0 bridgehead atoms. The number of alkyl halides is 2. The highest BCUT2D eigenvalue weighted by atomic mass is 19.3. The molecule has 2 aromatic carbocycles. The van der Waals surface area contributed by atoms with Crippen molar-refractivity contribution in [2.75, 3.05) is 41.3 Å². The van der Waals surface area contributed by atoms with E-state index in [1.54, 1.807) is 21.7 Å². The average molecular weight is 591 g/mol.